The predicted molar refractivity (Wildman–Crippen MR) is 116 cm³/mol. The molecule has 7 heteroatoms. The van der Waals surface area contributed by atoms with E-state index in [0.717, 1.165) is 24.3 Å². The number of rotatable bonds is 3. The van der Waals surface area contributed by atoms with Gasteiger partial charge in [-0.1, -0.05) is 6.07 Å². The topological polar surface area (TPSA) is 57.7 Å². The summed E-state index contributed by atoms with van der Waals surface area (Å²) in [6.45, 7) is 11.1. The lowest BCUT2D eigenvalue weighted by Gasteiger charge is -2.36. The molecule has 152 valence electrons. The van der Waals surface area contributed by atoms with Gasteiger partial charge in [0.2, 0.25) is 5.88 Å². The molecule has 0 saturated carbocycles. The molecular formula is C21H29ClN4O2. The number of carbonyl (C=O) groups is 1. The number of hydrogen-bond donors (Lipinski definition) is 1. The molecule has 2 heterocycles. The van der Waals surface area contributed by atoms with Gasteiger partial charge in [0.05, 0.1) is 7.11 Å². The van der Waals surface area contributed by atoms with Crippen molar-refractivity contribution < 1.29 is 9.53 Å². The minimum Gasteiger partial charge on any atom is -0.480 e. The number of carbonyl (C=O) groups excluding carboxylic acids is 1. The number of aromatic nitrogens is 1. The molecule has 1 aliphatic rings. The summed E-state index contributed by atoms with van der Waals surface area (Å²) in [6, 6.07) is 8.38. The first-order chi connectivity index (χ1) is 12.9. The zero-order chi connectivity index (χ0) is 19.6. The van der Waals surface area contributed by atoms with Gasteiger partial charge < -0.3 is 19.9 Å². The fourth-order valence-electron chi connectivity index (χ4n) is 3.42. The second-order valence-electron chi connectivity index (χ2n) is 7.20. The maximum atomic E-state index is 12.7. The minimum atomic E-state index is -0.113. The quantitative estimate of drug-likeness (QED) is 0.836. The Morgan fingerprint density at radius 1 is 1.00 bits per heavy atom. The average molecular weight is 405 g/mol. The molecule has 0 atom stereocenters. The van der Waals surface area contributed by atoms with E-state index in [1.54, 1.807) is 7.11 Å². The van der Waals surface area contributed by atoms with Crippen LogP contribution < -0.4 is 15.0 Å². The first-order valence-corrected chi connectivity index (χ1v) is 9.29. The number of hydrogen-bond acceptors (Lipinski definition) is 4. The normalized spacial score (nSPS) is 13.8. The van der Waals surface area contributed by atoms with Gasteiger partial charge in [0.1, 0.15) is 5.69 Å². The van der Waals surface area contributed by atoms with E-state index >= 15 is 0 Å². The molecule has 3 rings (SSSR count). The summed E-state index contributed by atoms with van der Waals surface area (Å²) >= 11 is 0. The summed E-state index contributed by atoms with van der Waals surface area (Å²) in [5.74, 6) is 0.445. The van der Waals surface area contributed by atoms with Crippen LogP contribution in [0.1, 0.15) is 22.4 Å². The molecule has 1 saturated heterocycles. The van der Waals surface area contributed by atoms with Gasteiger partial charge in [-0.15, -0.1) is 12.4 Å². The number of urea groups is 1. The van der Waals surface area contributed by atoms with Gasteiger partial charge in [0.15, 0.2) is 0 Å². The van der Waals surface area contributed by atoms with Crippen LogP contribution in [0.15, 0.2) is 24.3 Å². The summed E-state index contributed by atoms with van der Waals surface area (Å²) in [5, 5.41) is 2.95. The first-order valence-electron chi connectivity index (χ1n) is 9.29. The van der Waals surface area contributed by atoms with Crippen LogP contribution in [0.25, 0.3) is 0 Å². The van der Waals surface area contributed by atoms with Crippen molar-refractivity contribution in [3.05, 3.63) is 46.6 Å². The van der Waals surface area contributed by atoms with E-state index in [9.17, 15) is 4.79 Å². The lowest BCUT2D eigenvalue weighted by molar-refractivity contribution is 0.208. The standard InChI is InChI=1S/C21H28N4O2.ClH/c1-14-10-15(2)12-18(11-14)24-6-8-25(9-7-24)21(26)23-19-13-16(3)17(4)22-20(19)27-5;/h10-13H,6-9H2,1-5H3,(H,23,26);1H. The number of methoxy groups -OCH3 is 1. The molecule has 6 nitrogen and oxygen atoms in total. The maximum absolute atomic E-state index is 12.7. The van der Waals surface area contributed by atoms with Crippen molar-refractivity contribution >= 4 is 29.8 Å². The number of halogens is 1. The van der Waals surface area contributed by atoms with Crippen LogP contribution in [-0.4, -0.2) is 49.2 Å². The Kier molecular flexibility index (Phi) is 7.13. The molecule has 1 fully saturated rings. The molecule has 1 aromatic carbocycles. The number of amides is 2. The zero-order valence-corrected chi connectivity index (χ0v) is 18.0. The summed E-state index contributed by atoms with van der Waals surface area (Å²) in [6.07, 6.45) is 0. The Morgan fingerprint density at radius 2 is 1.61 bits per heavy atom. The molecule has 0 spiro atoms. The second kappa shape index (κ2) is 9.15. The first kappa shape index (κ1) is 21.8. The number of benzene rings is 1. The highest BCUT2D eigenvalue weighted by molar-refractivity contribution is 5.91. The highest BCUT2D eigenvalue weighted by atomic mass is 35.5. The smallest absolute Gasteiger partial charge is 0.322 e. The van der Waals surface area contributed by atoms with E-state index in [4.69, 9.17) is 4.74 Å². The van der Waals surface area contributed by atoms with Gasteiger partial charge >= 0.3 is 6.03 Å². The number of piperazine rings is 1. The molecule has 2 aromatic rings. The van der Waals surface area contributed by atoms with Crippen molar-refractivity contribution in [1.82, 2.24) is 9.88 Å². The van der Waals surface area contributed by atoms with Gasteiger partial charge in [-0.25, -0.2) is 9.78 Å². The monoisotopic (exact) mass is 404 g/mol. The number of ether oxygens (including phenoxy) is 1. The van der Waals surface area contributed by atoms with Gasteiger partial charge in [-0.2, -0.15) is 0 Å². The van der Waals surface area contributed by atoms with Crippen molar-refractivity contribution in [3.8, 4) is 5.88 Å². The lowest BCUT2D eigenvalue weighted by Crippen LogP contribution is -2.50. The molecule has 0 unspecified atom stereocenters. The molecule has 0 bridgehead atoms. The Labute approximate surface area is 173 Å². The van der Waals surface area contributed by atoms with E-state index in [-0.39, 0.29) is 18.4 Å². The van der Waals surface area contributed by atoms with Crippen molar-refractivity contribution in [2.24, 2.45) is 0 Å². The molecule has 0 aliphatic carbocycles. The third-order valence-corrected chi connectivity index (χ3v) is 5.00. The van der Waals surface area contributed by atoms with E-state index in [0.29, 0.717) is 24.7 Å². The van der Waals surface area contributed by atoms with E-state index in [1.165, 1.54) is 16.8 Å². The summed E-state index contributed by atoms with van der Waals surface area (Å²) in [7, 11) is 1.56. The maximum Gasteiger partial charge on any atom is 0.322 e. The number of nitrogens with one attached hydrogen (secondary N) is 1. The largest absolute Gasteiger partial charge is 0.480 e. The highest BCUT2D eigenvalue weighted by Crippen LogP contribution is 2.25. The van der Waals surface area contributed by atoms with Crippen LogP contribution in [0.5, 0.6) is 5.88 Å². The van der Waals surface area contributed by atoms with E-state index < -0.39 is 0 Å². The summed E-state index contributed by atoms with van der Waals surface area (Å²) in [5.41, 5.74) is 6.28. The molecule has 2 amide bonds. The molecule has 1 N–H and O–H groups in total. The van der Waals surface area contributed by atoms with Crippen LogP contribution in [0, 0.1) is 27.7 Å². The van der Waals surface area contributed by atoms with Crippen LogP contribution in [0.2, 0.25) is 0 Å². The number of anilines is 2. The third-order valence-electron chi connectivity index (χ3n) is 5.00. The minimum absolute atomic E-state index is 0. The van der Waals surface area contributed by atoms with Gasteiger partial charge in [-0.3, -0.25) is 0 Å². The highest BCUT2D eigenvalue weighted by Gasteiger charge is 2.22. The average Bonchev–Trinajstić information content (AvgIpc) is 2.63. The number of aryl methyl sites for hydroxylation is 4. The third kappa shape index (κ3) is 4.87. The number of pyridine rings is 1. The SMILES string of the molecule is COc1nc(C)c(C)cc1NC(=O)N1CCN(c2cc(C)cc(C)c2)CC1.Cl. The Bertz CT molecular complexity index is 828. The number of nitrogens with zero attached hydrogens (tertiary/aromatic N) is 3. The van der Waals surface area contributed by atoms with E-state index in [1.807, 2.05) is 24.8 Å². The van der Waals surface area contributed by atoms with Crippen LogP contribution >= 0.6 is 12.4 Å². The van der Waals surface area contributed by atoms with Crippen molar-refractivity contribution in [3.63, 3.8) is 0 Å². The lowest BCUT2D eigenvalue weighted by atomic mass is 10.1. The van der Waals surface area contributed by atoms with Crippen molar-refractivity contribution in [2.45, 2.75) is 27.7 Å². The molecule has 1 aromatic heterocycles. The van der Waals surface area contributed by atoms with Crippen LogP contribution in [0.4, 0.5) is 16.2 Å². The molecule has 28 heavy (non-hydrogen) atoms. The summed E-state index contributed by atoms with van der Waals surface area (Å²) in [4.78, 5) is 21.3. The van der Waals surface area contributed by atoms with Gasteiger partial charge in [-0.05, 0) is 62.6 Å². The Morgan fingerprint density at radius 3 is 2.18 bits per heavy atom. The molecule has 1 aliphatic heterocycles. The zero-order valence-electron chi connectivity index (χ0n) is 17.2. The van der Waals surface area contributed by atoms with Gasteiger partial charge in [0.25, 0.3) is 0 Å². The van der Waals surface area contributed by atoms with Crippen molar-refractivity contribution in [2.75, 3.05) is 43.5 Å². The van der Waals surface area contributed by atoms with Crippen LogP contribution in [0.3, 0.4) is 0 Å². The van der Waals surface area contributed by atoms with Crippen molar-refractivity contribution in [1.29, 1.82) is 0 Å². The fraction of sp³-hybridized carbons (Fsp3) is 0.429. The van der Waals surface area contributed by atoms with E-state index in [2.05, 4.69) is 47.2 Å². The Balaban J connectivity index is 0.00000280. The summed E-state index contributed by atoms with van der Waals surface area (Å²) < 4.78 is 5.31. The fourth-order valence-corrected chi connectivity index (χ4v) is 3.42. The molecule has 0 radical (unpaired) electrons. The van der Waals surface area contributed by atoms with Gasteiger partial charge in [0, 0.05) is 37.6 Å². The van der Waals surface area contributed by atoms with Crippen LogP contribution in [-0.2, 0) is 0 Å². The second-order valence-corrected chi connectivity index (χ2v) is 7.20. The molecular weight excluding hydrogens is 376 g/mol. The Hall–Kier alpha value is -2.47. The predicted octanol–water partition coefficient (Wildman–Crippen LogP) is 4.10.